The van der Waals surface area contributed by atoms with Crippen LogP contribution in [0.1, 0.15) is 54.9 Å². The molecule has 0 aliphatic heterocycles. The molecule has 2 aromatic carbocycles. The van der Waals surface area contributed by atoms with Gasteiger partial charge in [-0.1, -0.05) is 60.7 Å². The van der Waals surface area contributed by atoms with Gasteiger partial charge in [0.15, 0.2) is 12.4 Å². The Hall–Kier alpha value is -2.78. The van der Waals surface area contributed by atoms with Crippen LogP contribution in [-0.2, 0) is 25.5 Å². The van der Waals surface area contributed by atoms with Gasteiger partial charge in [0.1, 0.15) is 18.7 Å². The zero-order valence-electron chi connectivity index (χ0n) is 20.3. The Kier molecular flexibility index (Phi) is 8.96. The number of methoxy groups -OCH3 is 4. The van der Waals surface area contributed by atoms with Crippen LogP contribution in [0.5, 0.6) is 0 Å². The first-order chi connectivity index (χ1) is 16.0. The predicted molar refractivity (Wildman–Crippen MR) is 125 cm³/mol. The monoisotopic (exact) mass is 455 g/mol. The van der Waals surface area contributed by atoms with Crippen LogP contribution in [0.25, 0.3) is 0 Å². The molecule has 3 unspecified atom stereocenters. The van der Waals surface area contributed by atoms with Crippen molar-refractivity contribution < 1.29 is 23.6 Å². The minimum atomic E-state index is -0.534. The standard InChI is InChI=1S/C25H35N4O4/c1-18(30-3)23-27-28(17-20-13-9-7-10-14-20)24(19(2)31-4)29(23)26-22(25(32-5)33-6)21-15-11-8-12-16-21/h7-16,18-19,22,25-26H,17H2,1-6H3/q+1. The van der Waals surface area contributed by atoms with Crippen LogP contribution in [0.15, 0.2) is 60.7 Å². The molecule has 178 valence electrons. The lowest BCUT2D eigenvalue weighted by atomic mass is 10.1. The summed E-state index contributed by atoms with van der Waals surface area (Å²) in [6.45, 7) is 4.56. The molecule has 3 atom stereocenters. The van der Waals surface area contributed by atoms with Gasteiger partial charge < -0.3 is 18.9 Å². The third-order valence-electron chi connectivity index (χ3n) is 5.72. The van der Waals surface area contributed by atoms with Crippen molar-refractivity contribution in [2.75, 3.05) is 33.9 Å². The maximum Gasteiger partial charge on any atom is 0.331 e. The summed E-state index contributed by atoms with van der Waals surface area (Å²) in [4.78, 5) is 0. The van der Waals surface area contributed by atoms with Gasteiger partial charge in [0.2, 0.25) is 0 Å². The van der Waals surface area contributed by atoms with E-state index in [1.54, 1.807) is 28.4 Å². The van der Waals surface area contributed by atoms with Gasteiger partial charge >= 0.3 is 5.82 Å². The first-order valence-corrected chi connectivity index (χ1v) is 11.0. The van der Waals surface area contributed by atoms with Crippen LogP contribution in [0.3, 0.4) is 0 Å². The number of hydrogen-bond donors (Lipinski definition) is 1. The second-order valence-corrected chi connectivity index (χ2v) is 7.81. The number of rotatable bonds is 12. The fourth-order valence-electron chi connectivity index (χ4n) is 3.78. The minimum Gasteiger partial charge on any atom is -0.371 e. The molecule has 1 aromatic heterocycles. The molecule has 0 fully saturated rings. The van der Waals surface area contributed by atoms with E-state index >= 15 is 0 Å². The van der Waals surface area contributed by atoms with Gasteiger partial charge in [-0.3, -0.25) is 0 Å². The number of aromatic nitrogens is 3. The molecule has 0 radical (unpaired) electrons. The van der Waals surface area contributed by atoms with Crippen molar-refractivity contribution in [1.82, 2.24) is 9.77 Å². The molecular formula is C25H35N4O4+. The third kappa shape index (κ3) is 5.78. The minimum absolute atomic E-state index is 0.244. The summed E-state index contributed by atoms with van der Waals surface area (Å²) in [5.41, 5.74) is 5.75. The molecule has 3 rings (SSSR count). The van der Waals surface area contributed by atoms with E-state index in [1.165, 1.54) is 0 Å². The van der Waals surface area contributed by atoms with E-state index in [0.29, 0.717) is 6.54 Å². The second-order valence-electron chi connectivity index (χ2n) is 7.81. The average molecular weight is 456 g/mol. The highest BCUT2D eigenvalue weighted by Gasteiger charge is 2.36. The molecule has 0 aliphatic carbocycles. The van der Waals surface area contributed by atoms with Gasteiger partial charge in [0.05, 0.1) is 0 Å². The topological polar surface area (TPSA) is 70.7 Å². The number of ether oxygens (including phenoxy) is 4. The third-order valence-corrected chi connectivity index (χ3v) is 5.72. The molecule has 0 bridgehead atoms. The van der Waals surface area contributed by atoms with Gasteiger partial charge in [-0.25, -0.2) is 5.43 Å². The van der Waals surface area contributed by atoms with E-state index in [9.17, 15) is 0 Å². The SMILES string of the molecule is COC(C)c1n[n+](Cc2ccccc2)c(C(C)OC)n1NC(c1ccccc1)C(OC)OC. The molecule has 0 aliphatic rings. The number of nitrogens with zero attached hydrogens (tertiary/aromatic N) is 3. The normalized spacial score (nSPS) is 14.3. The van der Waals surface area contributed by atoms with Crippen LogP contribution < -0.4 is 10.1 Å². The molecule has 1 N–H and O–H groups in total. The highest BCUT2D eigenvalue weighted by Crippen LogP contribution is 2.25. The molecule has 8 nitrogen and oxygen atoms in total. The number of benzene rings is 2. The van der Waals surface area contributed by atoms with Crippen molar-refractivity contribution in [2.24, 2.45) is 0 Å². The Balaban J connectivity index is 2.14. The summed E-state index contributed by atoms with van der Waals surface area (Å²) >= 11 is 0. The molecule has 0 saturated carbocycles. The first-order valence-electron chi connectivity index (χ1n) is 11.0. The van der Waals surface area contributed by atoms with Crippen molar-refractivity contribution in [1.29, 1.82) is 0 Å². The fraction of sp³-hybridized carbons (Fsp3) is 0.440. The Morgan fingerprint density at radius 3 is 1.94 bits per heavy atom. The first kappa shape index (κ1) is 24.9. The highest BCUT2D eigenvalue weighted by atomic mass is 16.7. The van der Waals surface area contributed by atoms with Crippen LogP contribution in [0, 0.1) is 0 Å². The van der Waals surface area contributed by atoms with Gasteiger partial charge in [0, 0.05) is 28.4 Å². The Morgan fingerprint density at radius 1 is 0.818 bits per heavy atom. The van der Waals surface area contributed by atoms with E-state index < -0.39 is 6.29 Å². The average Bonchev–Trinajstić information content (AvgIpc) is 3.21. The van der Waals surface area contributed by atoms with E-state index in [-0.39, 0.29) is 18.2 Å². The highest BCUT2D eigenvalue weighted by molar-refractivity contribution is 5.23. The van der Waals surface area contributed by atoms with Crippen molar-refractivity contribution >= 4 is 0 Å². The largest absolute Gasteiger partial charge is 0.371 e. The van der Waals surface area contributed by atoms with Crippen LogP contribution in [0.2, 0.25) is 0 Å². The smallest absolute Gasteiger partial charge is 0.331 e. The van der Waals surface area contributed by atoms with Crippen molar-refractivity contribution in [3.63, 3.8) is 0 Å². The van der Waals surface area contributed by atoms with Gasteiger partial charge in [-0.15, -0.1) is 9.36 Å². The molecule has 1 heterocycles. The molecule has 3 aromatic rings. The van der Waals surface area contributed by atoms with Gasteiger partial charge in [0.25, 0.3) is 5.82 Å². The Bertz CT molecular complexity index is 977. The zero-order valence-corrected chi connectivity index (χ0v) is 20.3. The van der Waals surface area contributed by atoms with E-state index in [1.807, 2.05) is 71.7 Å². The van der Waals surface area contributed by atoms with Gasteiger partial charge in [-0.05, 0) is 30.1 Å². The molecule has 0 amide bonds. The van der Waals surface area contributed by atoms with E-state index in [4.69, 9.17) is 24.0 Å². The van der Waals surface area contributed by atoms with Crippen molar-refractivity contribution in [3.8, 4) is 0 Å². The quantitative estimate of drug-likeness (QED) is 0.333. The second kappa shape index (κ2) is 11.9. The predicted octanol–water partition coefficient (Wildman–Crippen LogP) is 3.54. The maximum atomic E-state index is 5.76. The van der Waals surface area contributed by atoms with Crippen molar-refractivity contribution in [3.05, 3.63) is 83.4 Å². The summed E-state index contributed by atoms with van der Waals surface area (Å²) in [5.74, 6) is 1.58. The van der Waals surface area contributed by atoms with Crippen LogP contribution in [0.4, 0.5) is 0 Å². The lowest BCUT2D eigenvalue weighted by Gasteiger charge is -2.26. The van der Waals surface area contributed by atoms with E-state index in [2.05, 4.69) is 17.6 Å². The Labute approximate surface area is 196 Å². The Morgan fingerprint density at radius 2 is 1.39 bits per heavy atom. The fourth-order valence-corrected chi connectivity index (χ4v) is 3.78. The van der Waals surface area contributed by atoms with Crippen molar-refractivity contribution in [2.45, 2.75) is 44.9 Å². The number of nitrogens with one attached hydrogen (secondary N) is 1. The molecular weight excluding hydrogens is 420 g/mol. The molecule has 8 heteroatoms. The molecule has 0 spiro atoms. The molecule has 0 saturated heterocycles. The summed E-state index contributed by atoms with van der Waals surface area (Å²) < 4.78 is 26.6. The lowest BCUT2D eigenvalue weighted by Crippen LogP contribution is -2.44. The zero-order chi connectivity index (χ0) is 23.8. The van der Waals surface area contributed by atoms with Crippen LogP contribution in [-0.4, -0.2) is 44.5 Å². The number of hydrogen-bond acceptors (Lipinski definition) is 6. The lowest BCUT2D eigenvalue weighted by molar-refractivity contribution is -0.754. The van der Waals surface area contributed by atoms with Gasteiger partial charge in [-0.2, -0.15) is 0 Å². The molecule has 33 heavy (non-hydrogen) atoms. The van der Waals surface area contributed by atoms with E-state index in [0.717, 1.165) is 22.8 Å². The summed E-state index contributed by atoms with van der Waals surface area (Å²) in [7, 11) is 6.63. The summed E-state index contributed by atoms with van der Waals surface area (Å²) in [5, 5.41) is 4.93. The maximum absolute atomic E-state index is 5.76. The summed E-state index contributed by atoms with van der Waals surface area (Å²) in [6.07, 6.45) is -1.04. The summed E-state index contributed by atoms with van der Waals surface area (Å²) in [6, 6.07) is 20.0. The van der Waals surface area contributed by atoms with Crippen LogP contribution >= 0.6 is 0 Å².